The average Bonchev–Trinajstić information content (AvgIpc) is 3.36. The van der Waals surface area contributed by atoms with Crippen LogP contribution in [0.4, 0.5) is 5.13 Å². The third kappa shape index (κ3) is 5.12. The highest BCUT2D eigenvalue weighted by molar-refractivity contribution is 7.98. The first-order valence-electron chi connectivity index (χ1n) is 10.9. The van der Waals surface area contributed by atoms with Crippen LogP contribution in [-0.2, 0) is 4.79 Å². The van der Waals surface area contributed by atoms with Crippen LogP contribution < -0.4 is 4.90 Å². The highest BCUT2D eigenvalue weighted by Crippen LogP contribution is 2.32. The number of carbonyl (C=O) groups is 3. The number of rotatable bonds is 9. The molecule has 1 aliphatic heterocycles. The number of thiazole rings is 1. The molecule has 4 rings (SSSR count). The van der Waals surface area contributed by atoms with Gasteiger partial charge >= 0.3 is 0 Å². The van der Waals surface area contributed by atoms with Crippen LogP contribution in [0.3, 0.4) is 0 Å². The SMILES string of the molecule is CCN(CC)CCN(C(=O)CN1C(=O)c2ccccc2C1=O)c1nc2ccc(SC)cc2s1.Cl. The highest BCUT2D eigenvalue weighted by atomic mass is 35.5. The largest absolute Gasteiger partial charge is 0.302 e. The summed E-state index contributed by atoms with van der Waals surface area (Å²) in [4.78, 5) is 49.7. The summed E-state index contributed by atoms with van der Waals surface area (Å²) in [5.41, 5.74) is 1.51. The summed E-state index contributed by atoms with van der Waals surface area (Å²) in [5.74, 6) is -1.18. The van der Waals surface area contributed by atoms with Gasteiger partial charge in [0.25, 0.3) is 11.8 Å². The van der Waals surface area contributed by atoms with Gasteiger partial charge in [-0.25, -0.2) is 4.98 Å². The zero-order valence-electron chi connectivity index (χ0n) is 19.3. The van der Waals surface area contributed by atoms with E-state index in [1.807, 2.05) is 18.4 Å². The van der Waals surface area contributed by atoms with Gasteiger partial charge in [0.2, 0.25) is 5.91 Å². The van der Waals surface area contributed by atoms with E-state index in [0.29, 0.717) is 29.3 Å². The Balaban J connectivity index is 0.00000324. The molecule has 7 nitrogen and oxygen atoms in total. The molecule has 1 aliphatic rings. The molecule has 0 fully saturated rings. The second-order valence-corrected chi connectivity index (χ2v) is 9.53. The van der Waals surface area contributed by atoms with Crippen molar-refractivity contribution in [3.63, 3.8) is 0 Å². The van der Waals surface area contributed by atoms with Gasteiger partial charge in [-0.2, -0.15) is 0 Å². The van der Waals surface area contributed by atoms with E-state index in [1.165, 1.54) is 11.3 Å². The Morgan fingerprint density at radius 3 is 2.26 bits per heavy atom. The maximum Gasteiger partial charge on any atom is 0.262 e. The number of fused-ring (bicyclic) bond motifs is 2. The smallest absolute Gasteiger partial charge is 0.262 e. The first-order valence-corrected chi connectivity index (χ1v) is 12.9. The predicted octanol–water partition coefficient (Wildman–Crippen LogP) is 4.41. The van der Waals surface area contributed by atoms with Crippen LogP contribution in [-0.4, -0.2) is 71.5 Å². The fraction of sp³-hybridized carbons (Fsp3) is 0.333. The van der Waals surface area contributed by atoms with E-state index in [0.717, 1.165) is 33.1 Å². The van der Waals surface area contributed by atoms with Crippen LogP contribution in [0.1, 0.15) is 34.6 Å². The van der Waals surface area contributed by atoms with Crippen molar-refractivity contribution in [1.29, 1.82) is 0 Å². The van der Waals surface area contributed by atoms with Crippen molar-refractivity contribution in [2.45, 2.75) is 18.7 Å². The van der Waals surface area contributed by atoms with Gasteiger partial charge in [-0.1, -0.05) is 37.3 Å². The van der Waals surface area contributed by atoms with Gasteiger partial charge in [0.05, 0.1) is 21.3 Å². The summed E-state index contributed by atoms with van der Waals surface area (Å²) >= 11 is 3.10. The molecule has 0 bridgehead atoms. The second kappa shape index (κ2) is 11.3. The lowest BCUT2D eigenvalue weighted by Crippen LogP contribution is -2.45. The van der Waals surface area contributed by atoms with Gasteiger partial charge in [0.1, 0.15) is 6.54 Å². The molecule has 2 aromatic carbocycles. The van der Waals surface area contributed by atoms with Gasteiger partial charge in [-0.05, 0) is 49.7 Å². The van der Waals surface area contributed by atoms with Gasteiger partial charge in [0, 0.05) is 18.0 Å². The van der Waals surface area contributed by atoms with E-state index in [-0.39, 0.29) is 24.9 Å². The quantitative estimate of drug-likeness (QED) is 0.308. The minimum Gasteiger partial charge on any atom is -0.302 e. The Kier molecular flexibility index (Phi) is 8.70. The minimum absolute atomic E-state index is 0. The minimum atomic E-state index is -0.429. The molecule has 10 heteroatoms. The molecule has 0 N–H and O–H groups in total. The Labute approximate surface area is 213 Å². The molecule has 0 radical (unpaired) electrons. The summed E-state index contributed by atoms with van der Waals surface area (Å²) < 4.78 is 0.998. The van der Waals surface area contributed by atoms with Gasteiger partial charge in [-0.15, -0.1) is 24.2 Å². The van der Waals surface area contributed by atoms with E-state index < -0.39 is 11.8 Å². The zero-order valence-corrected chi connectivity index (χ0v) is 21.8. The number of anilines is 1. The fourth-order valence-electron chi connectivity index (χ4n) is 3.85. The Bertz CT molecular complexity index is 1180. The zero-order chi connectivity index (χ0) is 23.5. The van der Waals surface area contributed by atoms with Gasteiger partial charge < -0.3 is 4.90 Å². The van der Waals surface area contributed by atoms with Crippen LogP contribution in [0.15, 0.2) is 47.4 Å². The molecule has 2 heterocycles. The molecular weight excluding hydrogens is 492 g/mol. The molecule has 0 spiro atoms. The third-order valence-corrected chi connectivity index (χ3v) is 7.59. The van der Waals surface area contributed by atoms with Gasteiger partial charge in [0.15, 0.2) is 5.13 Å². The molecule has 180 valence electrons. The Morgan fingerprint density at radius 1 is 1.03 bits per heavy atom. The van der Waals surface area contributed by atoms with E-state index >= 15 is 0 Å². The number of thioether (sulfide) groups is 1. The van der Waals surface area contributed by atoms with Crippen LogP contribution in [0, 0.1) is 0 Å². The maximum atomic E-state index is 13.5. The number of likely N-dealkylation sites (N-methyl/N-ethyl adjacent to an activating group) is 1. The predicted molar refractivity (Wildman–Crippen MR) is 141 cm³/mol. The monoisotopic (exact) mass is 518 g/mol. The van der Waals surface area contributed by atoms with Crippen LogP contribution in [0.25, 0.3) is 10.2 Å². The molecule has 34 heavy (non-hydrogen) atoms. The first-order chi connectivity index (χ1) is 16.0. The van der Waals surface area contributed by atoms with Crippen molar-refractivity contribution in [1.82, 2.24) is 14.8 Å². The van der Waals surface area contributed by atoms with Crippen LogP contribution >= 0.6 is 35.5 Å². The summed E-state index contributed by atoms with van der Waals surface area (Å²) in [6.07, 6.45) is 2.02. The standard InChI is InChI=1S/C24H26N4O3S2.ClH/c1-4-26(5-2)12-13-27(24-25-19-11-10-16(32-3)14-20(19)33-24)21(29)15-28-22(30)17-8-6-7-9-18(17)23(28)31;/h6-11,14H,4-5,12-13,15H2,1-3H3;1H. The van der Waals surface area contributed by atoms with E-state index in [2.05, 4.69) is 24.8 Å². The molecule has 0 unspecified atom stereocenters. The summed E-state index contributed by atoms with van der Waals surface area (Å²) in [6.45, 7) is 6.69. The average molecular weight is 519 g/mol. The van der Waals surface area contributed by atoms with Crippen LogP contribution in [0.5, 0.6) is 0 Å². The van der Waals surface area contributed by atoms with E-state index in [4.69, 9.17) is 4.98 Å². The number of amides is 3. The van der Waals surface area contributed by atoms with Crippen molar-refractivity contribution >= 4 is 68.6 Å². The molecule has 3 aromatic rings. The molecule has 0 saturated heterocycles. The summed E-state index contributed by atoms with van der Waals surface area (Å²) in [7, 11) is 0. The Morgan fingerprint density at radius 2 is 1.68 bits per heavy atom. The number of halogens is 1. The summed E-state index contributed by atoms with van der Waals surface area (Å²) in [5, 5.41) is 0.581. The lowest BCUT2D eigenvalue weighted by atomic mass is 10.1. The number of aromatic nitrogens is 1. The molecule has 1 aromatic heterocycles. The lowest BCUT2D eigenvalue weighted by Gasteiger charge is -2.26. The molecule has 0 aliphatic carbocycles. The number of carbonyl (C=O) groups excluding carboxylic acids is 3. The third-order valence-electron chi connectivity index (χ3n) is 5.82. The highest BCUT2D eigenvalue weighted by Gasteiger charge is 2.37. The molecule has 0 atom stereocenters. The van der Waals surface area contributed by atoms with Crippen molar-refractivity contribution in [3.05, 3.63) is 53.6 Å². The number of imide groups is 1. The van der Waals surface area contributed by atoms with E-state index in [1.54, 1.807) is 40.9 Å². The van der Waals surface area contributed by atoms with Crippen molar-refractivity contribution in [2.24, 2.45) is 0 Å². The van der Waals surface area contributed by atoms with E-state index in [9.17, 15) is 14.4 Å². The summed E-state index contributed by atoms with van der Waals surface area (Å²) in [6, 6.07) is 12.7. The maximum absolute atomic E-state index is 13.5. The number of hydrogen-bond acceptors (Lipinski definition) is 7. The second-order valence-electron chi connectivity index (χ2n) is 7.64. The normalized spacial score (nSPS) is 12.9. The fourth-order valence-corrected chi connectivity index (χ4v) is 5.41. The Hall–Kier alpha value is -2.46. The van der Waals surface area contributed by atoms with Crippen LogP contribution in [0.2, 0.25) is 0 Å². The van der Waals surface area contributed by atoms with Crippen molar-refractivity contribution in [3.8, 4) is 0 Å². The van der Waals surface area contributed by atoms with Crippen molar-refractivity contribution in [2.75, 3.05) is 43.9 Å². The van der Waals surface area contributed by atoms with Gasteiger partial charge in [-0.3, -0.25) is 24.2 Å². The molecular formula is C24H27ClN4O3S2. The number of benzene rings is 2. The molecule has 3 amide bonds. The number of hydrogen-bond donors (Lipinski definition) is 0. The number of nitrogens with zero attached hydrogens (tertiary/aromatic N) is 4. The molecule has 0 saturated carbocycles. The lowest BCUT2D eigenvalue weighted by molar-refractivity contribution is -0.119. The first kappa shape index (κ1) is 26.2. The van der Waals surface area contributed by atoms with Crippen molar-refractivity contribution < 1.29 is 14.4 Å². The topological polar surface area (TPSA) is 73.8 Å².